The Kier molecular flexibility index (Phi) is 4.25. The van der Waals surface area contributed by atoms with Crippen LogP contribution in [0.3, 0.4) is 0 Å². The van der Waals surface area contributed by atoms with Crippen LogP contribution in [-0.4, -0.2) is 24.1 Å². The normalized spacial score (nSPS) is 18.8. The van der Waals surface area contributed by atoms with E-state index in [0.29, 0.717) is 18.4 Å². The molecule has 1 fully saturated rings. The van der Waals surface area contributed by atoms with Gasteiger partial charge in [0.05, 0.1) is 11.8 Å². The Morgan fingerprint density at radius 2 is 2.00 bits per heavy atom. The van der Waals surface area contributed by atoms with E-state index in [1.54, 1.807) is 0 Å². The van der Waals surface area contributed by atoms with Gasteiger partial charge in [0.1, 0.15) is 6.04 Å². The van der Waals surface area contributed by atoms with Gasteiger partial charge in [0.15, 0.2) is 0 Å². The number of carbonyl (C=O) groups is 2. The number of amides is 2. The van der Waals surface area contributed by atoms with Crippen molar-refractivity contribution in [2.75, 3.05) is 0 Å². The molecule has 8 heteroatoms. The molecule has 5 nitrogen and oxygen atoms in total. The summed E-state index contributed by atoms with van der Waals surface area (Å²) in [4.78, 5) is 22.5. The lowest BCUT2D eigenvalue weighted by molar-refractivity contribution is -0.137. The fraction of sp³-hybridized carbons (Fsp3) is 0.308. The van der Waals surface area contributed by atoms with Gasteiger partial charge in [-0.3, -0.25) is 9.59 Å². The third kappa shape index (κ3) is 4.04. The van der Waals surface area contributed by atoms with Crippen LogP contribution in [-0.2, 0) is 15.8 Å². The lowest BCUT2D eigenvalue weighted by atomic mass is 10.1. The lowest BCUT2D eigenvalue weighted by Gasteiger charge is -2.07. The fourth-order valence-electron chi connectivity index (χ4n) is 1.82. The smallest absolute Gasteiger partial charge is 0.344 e. The van der Waals surface area contributed by atoms with E-state index in [1.807, 2.05) is 0 Å². The molecule has 2 amide bonds. The van der Waals surface area contributed by atoms with Gasteiger partial charge in [0, 0.05) is 6.42 Å². The van der Waals surface area contributed by atoms with Crippen LogP contribution in [0.1, 0.15) is 24.0 Å². The van der Waals surface area contributed by atoms with Crippen LogP contribution < -0.4 is 10.7 Å². The predicted octanol–water partition coefficient (Wildman–Crippen LogP) is 1.43. The molecule has 1 aliphatic rings. The minimum atomic E-state index is -4.38. The highest BCUT2D eigenvalue weighted by molar-refractivity contribution is 5.91. The van der Waals surface area contributed by atoms with E-state index in [4.69, 9.17) is 0 Å². The van der Waals surface area contributed by atoms with Crippen molar-refractivity contribution in [3.8, 4) is 0 Å². The first-order chi connectivity index (χ1) is 9.86. The summed E-state index contributed by atoms with van der Waals surface area (Å²) in [5, 5.41) is 6.12. The van der Waals surface area contributed by atoms with Crippen molar-refractivity contribution in [3.63, 3.8) is 0 Å². The third-order valence-electron chi connectivity index (χ3n) is 2.94. The molecule has 1 aromatic rings. The number of halogens is 3. The van der Waals surface area contributed by atoms with E-state index in [0.717, 1.165) is 12.1 Å². The van der Waals surface area contributed by atoms with E-state index >= 15 is 0 Å². The SMILES string of the molecule is O=C1CC[C@@H](C(=O)N/N=C/c2ccc(C(F)(F)F)cc2)N1. The molecule has 21 heavy (non-hydrogen) atoms. The molecule has 1 aliphatic heterocycles. The molecule has 0 unspecified atom stereocenters. The van der Waals surface area contributed by atoms with Gasteiger partial charge in [-0.2, -0.15) is 18.3 Å². The molecule has 0 aromatic heterocycles. The van der Waals surface area contributed by atoms with Gasteiger partial charge in [-0.25, -0.2) is 5.43 Å². The van der Waals surface area contributed by atoms with Crippen LogP contribution in [0, 0.1) is 0 Å². The van der Waals surface area contributed by atoms with E-state index in [1.165, 1.54) is 18.3 Å². The van der Waals surface area contributed by atoms with Gasteiger partial charge in [-0.1, -0.05) is 12.1 Å². The van der Waals surface area contributed by atoms with Crippen molar-refractivity contribution >= 4 is 18.0 Å². The number of hydrogen-bond donors (Lipinski definition) is 2. The van der Waals surface area contributed by atoms with Crippen molar-refractivity contribution in [2.45, 2.75) is 25.1 Å². The molecule has 2 rings (SSSR count). The summed E-state index contributed by atoms with van der Waals surface area (Å²) < 4.78 is 37.1. The maximum Gasteiger partial charge on any atom is 0.416 e. The maximum atomic E-state index is 12.4. The number of nitrogens with zero attached hydrogens (tertiary/aromatic N) is 1. The summed E-state index contributed by atoms with van der Waals surface area (Å²) in [6, 6.07) is 3.74. The minimum Gasteiger partial charge on any atom is -0.344 e. The Morgan fingerprint density at radius 3 is 2.52 bits per heavy atom. The largest absolute Gasteiger partial charge is 0.416 e. The first-order valence-electron chi connectivity index (χ1n) is 6.16. The summed E-state index contributed by atoms with van der Waals surface area (Å²) in [5.41, 5.74) is 1.90. The molecular formula is C13H12F3N3O2. The quantitative estimate of drug-likeness (QED) is 0.655. The van der Waals surface area contributed by atoms with Gasteiger partial charge in [0.2, 0.25) is 5.91 Å². The molecule has 0 saturated carbocycles. The zero-order chi connectivity index (χ0) is 15.5. The molecule has 2 N–H and O–H groups in total. The molecule has 0 aliphatic carbocycles. The number of rotatable bonds is 3. The Morgan fingerprint density at radius 1 is 1.33 bits per heavy atom. The molecule has 1 aromatic carbocycles. The second-order valence-corrected chi connectivity index (χ2v) is 4.51. The molecule has 0 bridgehead atoms. The summed E-state index contributed by atoms with van der Waals surface area (Å²) in [6.45, 7) is 0. The zero-order valence-corrected chi connectivity index (χ0v) is 10.8. The molecule has 1 atom stereocenters. The molecule has 1 heterocycles. The first-order valence-corrected chi connectivity index (χ1v) is 6.16. The van der Waals surface area contributed by atoms with Gasteiger partial charge in [-0.15, -0.1) is 0 Å². The van der Waals surface area contributed by atoms with Crippen LogP contribution in [0.5, 0.6) is 0 Å². The van der Waals surface area contributed by atoms with Crippen LogP contribution in [0.25, 0.3) is 0 Å². The Hall–Kier alpha value is -2.38. The molecular weight excluding hydrogens is 287 g/mol. The van der Waals surface area contributed by atoms with Crippen molar-refractivity contribution < 1.29 is 22.8 Å². The molecule has 0 radical (unpaired) electrons. The predicted molar refractivity (Wildman–Crippen MR) is 68.3 cm³/mol. The second kappa shape index (κ2) is 5.94. The van der Waals surface area contributed by atoms with Gasteiger partial charge in [-0.05, 0) is 24.1 Å². The highest BCUT2D eigenvalue weighted by Crippen LogP contribution is 2.28. The number of nitrogens with one attached hydrogen (secondary N) is 2. The summed E-state index contributed by atoms with van der Waals surface area (Å²) in [5.74, 6) is -0.647. The van der Waals surface area contributed by atoms with Crippen LogP contribution in [0.2, 0.25) is 0 Å². The molecule has 0 spiro atoms. The second-order valence-electron chi connectivity index (χ2n) is 4.51. The Labute approximate surface area is 118 Å². The fourth-order valence-corrected chi connectivity index (χ4v) is 1.82. The van der Waals surface area contributed by atoms with Crippen molar-refractivity contribution in [3.05, 3.63) is 35.4 Å². The monoisotopic (exact) mass is 299 g/mol. The number of alkyl halides is 3. The first kappa shape index (κ1) is 15.0. The van der Waals surface area contributed by atoms with E-state index in [-0.39, 0.29) is 5.91 Å². The molecule has 112 valence electrons. The minimum absolute atomic E-state index is 0.193. The van der Waals surface area contributed by atoms with E-state index in [2.05, 4.69) is 15.8 Å². The van der Waals surface area contributed by atoms with Crippen LogP contribution in [0.4, 0.5) is 13.2 Å². The Balaban J connectivity index is 1.89. The molecule has 1 saturated heterocycles. The average molecular weight is 299 g/mol. The van der Waals surface area contributed by atoms with Crippen LogP contribution >= 0.6 is 0 Å². The van der Waals surface area contributed by atoms with Crippen molar-refractivity contribution in [2.24, 2.45) is 5.10 Å². The topological polar surface area (TPSA) is 70.6 Å². The highest BCUT2D eigenvalue weighted by Gasteiger charge is 2.30. The average Bonchev–Trinajstić information content (AvgIpc) is 2.85. The standard InChI is InChI=1S/C13H12F3N3O2/c14-13(15,16)9-3-1-8(2-4-9)7-17-19-12(21)10-5-6-11(20)18-10/h1-4,7,10H,5-6H2,(H,18,20)(H,19,21)/b17-7+/t10-/m0/s1. The van der Waals surface area contributed by atoms with Gasteiger partial charge >= 0.3 is 6.18 Å². The van der Waals surface area contributed by atoms with Gasteiger partial charge < -0.3 is 5.32 Å². The van der Waals surface area contributed by atoms with E-state index < -0.39 is 23.7 Å². The number of hydrogen-bond acceptors (Lipinski definition) is 3. The number of hydrazone groups is 1. The number of carbonyl (C=O) groups excluding carboxylic acids is 2. The summed E-state index contributed by atoms with van der Waals surface area (Å²) >= 11 is 0. The van der Waals surface area contributed by atoms with E-state index in [9.17, 15) is 22.8 Å². The van der Waals surface area contributed by atoms with Crippen molar-refractivity contribution in [1.82, 2.24) is 10.7 Å². The summed E-state index contributed by atoms with van der Waals surface area (Å²) in [7, 11) is 0. The Bertz CT molecular complexity index is 567. The van der Waals surface area contributed by atoms with Crippen molar-refractivity contribution in [1.29, 1.82) is 0 Å². The number of benzene rings is 1. The third-order valence-corrected chi connectivity index (χ3v) is 2.94. The lowest BCUT2D eigenvalue weighted by Crippen LogP contribution is -2.39. The summed E-state index contributed by atoms with van der Waals surface area (Å²) in [6.07, 6.45) is -2.46. The van der Waals surface area contributed by atoms with Crippen LogP contribution in [0.15, 0.2) is 29.4 Å². The highest BCUT2D eigenvalue weighted by atomic mass is 19.4. The maximum absolute atomic E-state index is 12.4. The zero-order valence-electron chi connectivity index (χ0n) is 10.8. The van der Waals surface area contributed by atoms with Gasteiger partial charge in [0.25, 0.3) is 5.91 Å².